The second-order valence-corrected chi connectivity index (χ2v) is 5.30. The lowest BCUT2D eigenvalue weighted by Crippen LogP contribution is -2.51. The van der Waals surface area contributed by atoms with Crippen molar-refractivity contribution in [2.45, 2.75) is 38.6 Å². The Kier molecular flexibility index (Phi) is 6.03. The maximum atomic E-state index is 12.5. The van der Waals surface area contributed by atoms with E-state index in [1.54, 1.807) is 0 Å². The monoisotopic (exact) mass is 262 g/mol. The number of amides is 1. The molecule has 1 aromatic rings. The predicted octanol–water partition coefficient (Wildman–Crippen LogP) is 2.77. The zero-order valence-corrected chi connectivity index (χ0v) is 12.6. The Morgan fingerprint density at radius 2 is 1.84 bits per heavy atom. The standard InChI is InChI=1S/C16H26N2O/c1-5-6-10-13-17-15(19)16(2,18(3)4)14-11-8-7-9-12-14/h7-9,11-12H,5-6,10,13H2,1-4H3,(H,17,19). The van der Waals surface area contributed by atoms with Crippen molar-refractivity contribution in [3.05, 3.63) is 35.9 Å². The van der Waals surface area contributed by atoms with Crippen LogP contribution < -0.4 is 5.32 Å². The quantitative estimate of drug-likeness (QED) is 0.766. The summed E-state index contributed by atoms with van der Waals surface area (Å²) in [4.78, 5) is 14.5. The highest BCUT2D eigenvalue weighted by Gasteiger charge is 2.36. The average molecular weight is 262 g/mol. The number of likely N-dealkylation sites (N-methyl/N-ethyl adjacent to an activating group) is 1. The van der Waals surface area contributed by atoms with Gasteiger partial charge in [-0.3, -0.25) is 9.69 Å². The third-order valence-electron chi connectivity index (χ3n) is 3.74. The number of hydrogen-bond donors (Lipinski definition) is 1. The molecular weight excluding hydrogens is 236 g/mol. The summed E-state index contributed by atoms with van der Waals surface area (Å²) < 4.78 is 0. The van der Waals surface area contributed by atoms with Crippen molar-refractivity contribution in [2.75, 3.05) is 20.6 Å². The molecule has 1 atom stereocenters. The minimum atomic E-state index is -0.618. The Hall–Kier alpha value is -1.35. The van der Waals surface area contributed by atoms with E-state index in [1.807, 2.05) is 56.3 Å². The van der Waals surface area contributed by atoms with Gasteiger partial charge in [0.05, 0.1) is 0 Å². The topological polar surface area (TPSA) is 32.3 Å². The van der Waals surface area contributed by atoms with Crippen LogP contribution in [-0.2, 0) is 10.3 Å². The van der Waals surface area contributed by atoms with E-state index in [1.165, 1.54) is 6.42 Å². The molecule has 1 rings (SSSR count). The van der Waals surface area contributed by atoms with Crippen LogP contribution in [0.4, 0.5) is 0 Å². The highest BCUT2D eigenvalue weighted by molar-refractivity contribution is 5.87. The highest BCUT2D eigenvalue weighted by atomic mass is 16.2. The Balaban J connectivity index is 2.79. The molecule has 0 aliphatic heterocycles. The first-order valence-electron chi connectivity index (χ1n) is 7.04. The van der Waals surface area contributed by atoms with Crippen LogP contribution in [0.2, 0.25) is 0 Å². The van der Waals surface area contributed by atoms with Crippen molar-refractivity contribution in [1.82, 2.24) is 10.2 Å². The van der Waals surface area contributed by atoms with Crippen molar-refractivity contribution < 1.29 is 4.79 Å². The molecule has 0 spiro atoms. The number of rotatable bonds is 7. The first kappa shape index (κ1) is 15.7. The normalized spacial score (nSPS) is 14.2. The van der Waals surface area contributed by atoms with Gasteiger partial charge in [-0.25, -0.2) is 0 Å². The number of benzene rings is 1. The van der Waals surface area contributed by atoms with Gasteiger partial charge in [-0.15, -0.1) is 0 Å². The molecule has 1 unspecified atom stereocenters. The van der Waals surface area contributed by atoms with Crippen LogP contribution in [0.5, 0.6) is 0 Å². The van der Waals surface area contributed by atoms with E-state index >= 15 is 0 Å². The first-order valence-corrected chi connectivity index (χ1v) is 7.04. The fourth-order valence-corrected chi connectivity index (χ4v) is 2.10. The molecule has 0 aliphatic carbocycles. The van der Waals surface area contributed by atoms with Gasteiger partial charge in [-0.2, -0.15) is 0 Å². The lowest BCUT2D eigenvalue weighted by atomic mass is 9.89. The molecule has 106 valence electrons. The second-order valence-electron chi connectivity index (χ2n) is 5.30. The smallest absolute Gasteiger partial charge is 0.244 e. The number of carbonyl (C=O) groups is 1. The predicted molar refractivity (Wildman–Crippen MR) is 80.0 cm³/mol. The van der Waals surface area contributed by atoms with E-state index in [0.717, 1.165) is 24.9 Å². The van der Waals surface area contributed by atoms with Crippen LogP contribution in [0.25, 0.3) is 0 Å². The molecule has 1 aromatic carbocycles. The van der Waals surface area contributed by atoms with E-state index in [4.69, 9.17) is 0 Å². The van der Waals surface area contributed by atoms with Gasteiger partial charge < -0.3 is 5.32 Å². The van der Waals surface area contributed by atoms with Crippen LogP contribution in [-0.4, -0.2) is 31.4 Å². The number of nitrogens with one attached hydrogen (secondary N) is 1. The fourth-order valence-electron chi connectivity index (χ4n) is 2.10. The zero-order valence-electron chi connectivity index (χ0n) is 12.6. The van der Waals surface area contributed by atoms with Crippen molar-refractivity contribution in [3.63, 3.8) is 0 Å². The van der Waals surface area contributed by atoms with Crippen molar-refractivity contribution in [2.24, 2.45) is 0 Å². The minimum Gasteiger partial charge on any atom is -0.354 e. The largest absolute Gasteiger partial charge is 0.354 e. The maximum absolute atomic E-state index is 12.5. The summed E-state index contributed by atoms with van der Waals surface area (Å²) in [6.07, 6.45) is 3.37. The molecule has 0 bridgehead atoms. The molecule has 3 heteroatoms. The summed E-state index contributed by atoms with van der Waals surface area (Å²) in [7, 11) is 3.89. The molecule has 19 heavy (non-hydrogen) atoms. The lowest BCUT2D eigenvalue weighted by Gasteiger charge is -2.35. The van der Waals surface area contributed by atoms with Gasteiger partial charge in [0.2, 0.25) is 5.91 Å². The molecule has 0 aromatic heterocycles. The van der Waals surface area contributed by atoms with Gasteiger partial charge in [0.25, 0.3) is 0 Å². The molecule has 0 fully saturated rings. The second kappa shape index (κ2) is 7.29. The molecule has 0 saturated carbocycles. The van der Waals surface area contributed by atoms with E-state index in [-0.39, 0.29) is 5.91 Å². The molecule has 1 amide bonds. The highest BCUT2D eigenvalue weighted by Crippen LogP contribution is 2.26. The van der Waals surface area contributed by atoms with Crippen LogP contribution in [0.15, 0.2) is 30.3 Å². The van der Waals surface area contributed by atoms with Gasteiger partial charge in [0, 0.05) is 6.54 Å². The maximum Gasteiger partial charge on any atom is 0.244 e. The molecule has 1 N–H and O–H groups in total. The van der Waals surface area contributed by atoms with Crippen molar-refractivity contribution >= 4 is 5.91 Å². The summed E-state index contributed by atoms with van der Waals surface area (Å²) in [5, 5.41) is 3.06. The minimum absolute atomic E-state index is 0.0693. The molecule has 0 saturated heterocycles. The van der Waals surface area contributed by atoms with Crippen LogP contribution >= 0.6 is 0 Å². The summed E-state index contributed by atoms with van der Waals surface area (Å²) in [6, 6.07) is 9.93. The summed E-state index contributed by atoms with van der Waals surface area (Å²) in [5.74, 6) is 0.0693. The van der Waals surface area contributed by atoms with Crippen LogP contribution in [0.1, 0.15) is 38.7 Å². The SMILES string of the molecule is CCCCCNC(=O)C(C)(c1ccccc1)N(C)C. The lowest BCUT2D eigenvalue weighted by molar-refractivity contribution is -0.131. The number of unbranched alkanes of at least 4 members (excludes halogenated alkanes) is 2. The van der Waals surface area contributed by atoms with Crippen LogP contribution in [0, 0.1) is 0 Å². The molecule has 0 radical (unpaired) electrons. The van der Waals surface area contributed by atoms with Gasteiger partial charge in [-0.1, -0.05) is 50.1 Å². The van der Waals surface area contributed by atoms with E-state index in [0.29, 0.717) is 0 Å². The average Bonchev–Trinajstić information content (AvgIpc) is 2.43. The molecule has 0 heterocycles. The number of carbonyl (C=O) groups excluding carboxylic acids is 1. The Morgan fingerprint density at radius 1 is 1.21 bits per heavy atom. The van der Waals surface area contributed by atoms with E-state index in [9.17, 15) is 4.79 Å². The Morgan fingerprint density at radius 3 is 2.37 bits per heavy atom. The van der Waals surface area contributed by atoms with Gasteiger partial charge >= 0.3 is 0 Å². The van der Waals surface area contributed by atoms with Crippen LogP contribution in [0.3, 0.4) is 0 Å². The summed E-state index contributed by atoms with van der Waals surface area (Å²) in [5.41, 5.74) is 0.404. The summed E-state index contributed by atoms with van der Waals surface area (Å²) >= 11 is 0. The molecular formula is C16H26N2O. The molecule has 0 aliphatic rings. The molecule has 3 nitrogen and oxygen atoms in total. The Bertz CT molecular complexity index is 389. The zero-order chi connectivity index (χ0) is 14.3. The summed E-state index contributed by atoms with van der Waals surface area (Å²) in [6.45, 7) is 4.89. The van der Waals surface area contributed by atoms with Crippen molar-refractivity contribution in [1.29, 1.82) is 0 Å². The van der Waals surface area contributed by atoms with Crippen molar-refractivity contribution in [3.8, 4) is 0 Å². The third kappa shape index (κ3) is 3.80. The Labute approximate surface area is 117 Å². The van der Waals surface area contributed by atoms with E-state index in [2.05, 4.69) is 12.2 Å². The van der Waals surface area contributed by atoms with E-state index < -0.39 is 5.54 Å². The van der Waals surface area contributed by atoms with Gasteiger partial charge in [0.15, 0.2) is 0 Å². The third-order valence-corrected chi connectivity index (χ3v) is 3.74. The number of nitrogens with zero attached hydrogens (tertiary/aromatic N) is 1. The van der Waals surface area contributed by atoms with Gasteiger partial charge in [0.1, 0.15) is 5.54 Å². The first-order chi connectivity index (χ1) is 9.03. The fraction of sp³-hybridized carbons (Fsp3) is 0.562. The van der Waals surface area contributed by atoms with Gasteiger partial charge in [-0.05, 0) is 33.0 Å². The number of hydrogen-bond acceptors (Lipinski definition) is 2.